The summed E-state index contributed by atoms with van der Waals surface area (Å²) < 4.78 is 91.4. The minimum absolute atomic E-state index is 0.132. The fourth-order valence-electron chi connectivity index (χ4n) is 10.3. The molecule has 0 amide bonds. The summed E-state index contributed by atoms with van der Waals surface area (Å²) in [5, 5.41) is -0.390. The Bertz CT molecular complexity index is 2730. The molecule has 2 unspecified atom stereocenters. The number of unbranched alkanes of at least 4 members (excludes halogenated alkanes) is 11. The molecule has 470 valence electrons. The van der Waals surface area contributed by atoms with E-state index in [0.717, 1.165) is 47.1 Å². The van der Waals surface area contributed by atoms with Crippen molar-refractivity contribution in [1.82, 2.24) is 4.72 Å². The van der Waals surface area contributed by atoms with E-state index >= 15 is 8.42 Å². The quantitative estimate of drug-likeness (QED) is 0.0302. The van der Waals surface area contributed by atoms with Gasteiger partial charge < -0.3 is 37.3 Å². The van der Waals surface area contributed by atoms with Crippen LogP contribution in [0.4, 0.5) is 0 Å². The van der Waals surface area contributed by atoms with Crippen LogP contribution in [0.5, 0.6) is 0 Å². The van der Waals surface area contributed by atoms with Crippen LogP contribution in [0.2, 0.25) is 36.3 Å². The van der Waals surface area contributed by atoms with Crippen LogP contribution in [0.3, 0.4) is 0 Å². The third-order valence-electron chi connectivity index (χ3n) is 17.5. The first-order valence-electron chi connectivity index (χ1n) is 31.9. The van der Waals surface area contributed by atoms with Crippen molar-refractivity contribution in [1.29, 1.82) is 0 Å². The Morgan fingerprint density at radius 2 is 0.953 bits per heavy atom. The molecule has 1 fully saturated rings. The summed E-state index contributed by atoms with van der Waals surface area (Å²) in [6, 6.07) is 46.3. The smallest absolute Gasteiger partial charge is 0.240 e. The molecule has 1 N–H and O–H groups in total. The highest BCUT2D eigenvalue weighted by Gasteiger charge is 2.51. The first-order chi connectivity index (χ1) is 40.6. The zero-order chi connectivity index (χ0) is 61.4. The van der Waals surface area contributed by atoms with Crippen molar-refractivity contribution in [3.63, 3.8) is 0 Å². The lowest BCUT2D eigenvalue weighted by Gasteiger charge is -2.48. The zero-order valence-corrected chi connectivity index (χ0v) is 56.7. The van der Waals surface area contributed by atoms with Gasteiger partial charge in [-0.2, -0.15) is 0 Å². The van der Waals surface area contributed by atoms with Gasteiger partial charge in [0, 0.05) is 0 Å². The van der Waals surface area contributed by atoms with E-state index in [0.29, 0.717) is 13.0 Å². The maximum atomic E-state index is 15.2. The summed E-state index contributed by atoms with van der Waals surface area (Å²) in [6.07, 6.45) is 9.94. The molecule has 5 aromatic carbocycles. The minimum atomic E-state index is -4.20. The van der Waals surface area contributed by atoms with Crippen LogP contribution < -0.4 is 4.72 Å². The van der Waals surface area contributed by atoms with Gasteiger partial charge in [0.15, 0.2) is 22.9 Å². The van der Waals surface area contributed by atoms with Crippen LogP contribution in [-0.2, 0) is 73.7 Å². The Kier molecular flexibility index (Phi) is 28.7. The summed E-state index contributed by atoms with van der Waals surface area (Å²) in [6.45, 7) is 27.7. The first kappa shape index (κ1) is 70.2. The number of benzene rings is 5. The summed E-state index contributed by atoms with van der Waals surface area (Å²) in [4.78, 5) is 0.160. The summed E-state index contributed by atoms with van der Waals surface area (Å²) in [7, 11) is -9.46. The van der Waals surface area contributed by atoms with Crippen molar-refractivity contribution in [3.8, 4) is 0 Å². The number of nitrogens with one attached hydrogen (secondary N) is 1. The molecule has 0 aromatic heterocycles. The molecule has 11 nitrogen and oxygen atoms in total. The van der Waals surface area contributed by atoms with E-state index in [1.54, 1.807) is 18.2 Å². The maximum absolute atomic E-state index is 15.2. The summed E-state index contributed by atoms with van der Waals surface area (Å²) in [5.41, 5.74) is 4.76. The lowest BCUT2D eigenvalue weighted by Crippen LogP contribution is -2.63. The fourth-order valence-corrected chi connectivity index (χ4v) is 14.3. The van der Waals surface area contributed by atoms with Crippen LogP contribution in [0.25, 0.3) is 0 Å². The van der Waals surface area contributed by atoms with Gasteiger partial charge in [0.1, 0.15) is 24.4 Å². The van der Waals surface area contributed by atoms with Crippen molar-refractivity contribution >= 4 is 26.7 Å². The van der Waals surface area contributed by atoms with Crippen molar-refractivity contribution < 1.29 is 45.7 Å². The molecule has 8 atom stereocenters. The molecule has 6 rings (SSSR count). The molecule has 0 aliphatic carbocycles. The summed E-state index contributed by atoms with van der Waals surface area (Å²) >= 11 is 0. The fraction of sp³-hybridized carbons (Fsp3) is 0.577. The van der Waals surface area contributed by atoms with E-state index in [-0.39, 0.29) is 48.0 Å². The molecule has 5 aromatic rings. The number of hydrogen-bond acceptors (Lipinski definition) is 10. The van der Waals surface area contributed by atoms with Crippen LogP contribution in [0, 0.1) is 6.92 Å². The van der Waals surface area contributed by atoms with Gasteiger partial charge in [-0.3, -0.25) is 0 Å². The SMILES string of the molecule is CCCCCCCCCCCCCC[C@@H](O[Si](C)(C)C(C)(C)C)[C@H](O[Si](C)(C)C(C)(C)C)[C@H](CO[C@H]1OC(COCc2ccccc2)[C@H](OCc2ccccc2)[C@@H](OCc2ccccc2)C1OCc1ccccc1)NS(=O)(=O)c1cccc(C)c1. The van der Waals surface area contributed by atoms with E-state index in [1.807, 2.05) is 134 Å². The third kappa shape index (κ3) is 23.2. The highest BCUT2D eigenvalue weighted by molar-refractivity contribution is 7.89. The van der Waals surface area contributed by atoms with Gasteiger partial charge in [-0.1, -0.05) is 259 Å². The Labute approximate surface area is 516 Å². The second-order valence-corrected chi connectivity index (χ2v) is 37.9. The maximum Gasteiger partial charge on any atom is 0.240 e. The molecule has 0 saturated carbocycles. The zero-order valence-electron chi connectivity index (χ0n) is 53.9. The predicted molar refractivity (Wildman–Crippen MR) is 351 cm³/mol. The summed E-state index contributed by atoms with van der Waals surface area (Å²) in [5.74, 6) is 0. The molecule has 1 aliphatic rings. The first-order valence-corrected chi connectivity index (χ1v) is 39.2. The number of hydrogen-bond donors (Lipinski definition) is 1. The average Bonchev–Trinajstić information content (AvgIpc) is 2.24. The lowest BCUT2D eigenvalue weighted by atomic mass is 9.97. The predicted octanol–water partition coefficient (Wildman–Crippen LogP) is 17.2. The highest BCUT2D eigenvalue weighted by Crippen LogP contribution is 2.42. The standard InChI is InChI=1S/C71H107NO10SSi2/c1-13-14-15-16-17-18-19-20-21-22-23-36-48-63(81-84(9,10)70(3,4)5)65(82-85(11,12)71(6,7)8)62(72-83(73,74)61-47-37-38-56(2)49-61)54-79-69-68(78-53-60-45-34-27-35-46-60)67(77-52-59-43-32-26-33-44-59)66(76-51-58-41-30-25-31-42-58)64(80-69)55-75-50-57-39-28-24-29-40-57/h24-35,37-47,49,62-69,72H,13-23,36,48,50-55H2,1-12H3/t62-,63+,64?,65+,66-,67+,68?,69-/m0/s1. The van der Waals surface area contributed by atoms with Gasteiger partial charge >= 0.3 is 0 Å². The van der Waals surface area contributed by atoms with E-state index in [2.05, 4.69) is 79.4 Å². The van der Waals surface area contributed by atoms with Crippen LogP contribution in [0.15, 0.2) is 150 Å². The Morgan fingerprint density at radius 1 is 0.518 bits per heavy atom. The molecular weight excluding hydrogens is 1120 g/mol. The number of ether oxygens (including phenoxy) is 6. The molecule has 0 bridgehead atoms. The van der Waals surface area contributed by atoms with Gasteiger partial charge in [0.2, 0.25) is 10.0 Å². The van der Waals surface area contributed by atoms with Gasteiger partial charge in [-0.05, 0) is 89.6 Å². The molecular formula is C71H107NO10SSi2. The molecule has 1 aliphatic heterocycles. The van der Waals surface area contributed by atoms with Gasteiger partial charge in [-0.25, -0.2) is 13.1 Å². The van der Waals surface area contributed by atoms with E-state index < -0.39 is 75.6 Å². The van der Waals surface area contributed by atoms with E-state index in [1.165, 1.54) is 57.8 Å². The topological polar surface area (TPSA) is 120 Å². The largest absolute Gasteiger partial charge is 0.411 e. The lowest BCUT2D eigenvalue weighted by molar-refractivity contribution is -0.329. The molecule has 0 spiro atoms. The van der Waals surface area contributed by atoms with Gasteiger partial charge in [0.25, 0.3) is 0 Å². The van der Waals surface area contributed by atoms with Crippen LogP contribution >= 0.6 is 0 Å². The van der Waals surface area contributed by atoms with Crippen LogP contribution in [-0.4, -0.2) is 87.2 Å². The second-order valence-electron chi connectivity index (χ2n) is 26.6. The molecule has 0 radical (unpaired) electrons. The van der Waals surface area contributed by atoms with Crippen molar-refractivity contribution in [2.24, 2.45) is 0 Å². The second kappa shape index (κ2) is 34.8. The Hall–Kier alpha value is -3.88. The van der Waals surface area contributed by atoms with Gasteiger partial charge in [-0.15, -0.1) is 0 Å². The van der Waals surface area contributed by atoms with Gasteiger partial charge in [0.05, 0.1) is 62.8 Å². The molecule has 14 heteroatoms. The van der Waals surface area contributed by atoms with Crippen molar-refractivity contribution in [3.05, 3.63) is 173 Å². The van der Waals surface area contributed by atoms with E-state index in [4.69, 9.17) is 37.3 Å². The van der Waals surface area contributed by atoms with E-state index in [9.17, 15) is 0 Å². The van der Waals surface area contributed by atoms with Crippen molar-refractivity contribution in [2.75, 3.05) is 13.2 Å². The number of aryl methyl sites for hydroxylation is 1. The van der Waals surface area contributed by atoms with Crippen LogP contribution in [0.1, 0.15) is 160 Å². The minimum Gasteiger partial charge on any atom is -0.411 e. The third-order valence-corrected chi connectivity index (χ3v) is 27.9. The molecule has 85 heavy (non-hydrogen) atoms. The number of sulfonamides is 1. The average molecular weight is 1220 g/mol. The normalized spacial score (nSPS) is 19.2. The Morgan fingerprint density at radius 3 is 1.42 bits per heavy atom. The highest BCUT2D eigenvalue weighted by atomic mass is 32.2. The van der Waals surface area contributed by atoms with Crippen molar-refractivity contribution in [2.45, 2.75) is 255 Å². The molecule has 1 saturated heterocycles. The molecule has 1 heterocycles. The number of rotatable bonds is 38. The Balaban J connectivity index is 1.44. The monoisotopic (exact) mass is 1220 g/mol.